The van der Waals surface area contributed by atoms with Crippen molar-refractivity contribution in [3.8, 4) is 0 Å². The van der Waals surface area contributed by atoms with Crippen molar-refractivity contribution in [2.45, 2.75) is 3.92 Å². The highest BCUT2D eigenvalue weighted by molar-refractivity contribution is 8.01. The fourth-order valence-corrected chi connectivity index (χ4v) is 2.28. The minimum atomic E-state index is -2.30. The molecule has 0 aliphatic heterocycles. The first kappa shape index (κ1) is 10.1. The number of alkyl halides is 3. The number of rotatable bonds is 2. The SMILES string of the molecule is FC(Cl)(Cl)Sn1cc2ccccc2c1. The summed E-state index contributed by atoms with van der Waals surface area (Å²) in [6.07, 6.45) is 3.55. The molecule has 0 saturated carbocycles. The maximum atomic E-state index is 12.9. The molecule has 1 aromatic carbocycles. The minimum Gasteiger partial charge on any atom is -0.293 e. The zero-order valence-electron chi connectivity index (χ0n) is 6.95. The Kier molecular flexibility index (Phi) is 2.64. The van der Waals surface area contributed by atoms with E-state index in [-0.39, 0.29) is 0 Å². The molecule has 1 aromatic heterocycles. The van der Waals surface area contributed by atoms with E-state index >= 15 is 0 Å². The number of fused-ring (bicyclic) bond motifs is 1. The van der Waals surface area contributed by atoms with Gasteiger partial charge in [0.2, 0.25) is 0 Å². The van der Waals surface area contributed by atoms with Crippen LogP contribution in [0.5, 0.6) is 0 Å². The van der Waals surface area contributed by atoms with Crippen LogP contribution in [0.1, 0.15) is 0 Å². The standard InChI is InChI=1S/C9H6Cl2FNS/c10-9(11,12)14-13-5-7-3-1-2-4-8(7)6-13/h1-6H. The van der Waals surface area contributed by atoms with Crippen LogP contribution in [0, 0.1) is 0 Å². The predicted molar refractivity (Wildman–Crippen MR) is 60.5 cm³/mol. The highest BCUT2D eigenvalue weighted by atomic mass is 35.5. The normalized spacial score (nSPS) is 12.2. The molecule has 5 heteroatoms. The summed E-state index contributed by atoms with van der Waals surface area (Å²) >= 11 is 11.2. The summed E-state index contributed by atoms with van der Waals surface area (Å²) in [5.74, 6) is 0. The molecule has 0 radical (unpaired) electrons. The van der Waals surface area contributed by atoms with E-state index < -0.39 is 3.92 Å². The molecule has 0 N–H and O–H groups in total. The van der Waals surface area contributed by atoms with E-state index in [4.69, 9.17) is 23.2 Å². The molecule has 0 unspecified atom stereocenters. The maximum Gasteiger partial charge on any atom is 0.323 e. The fourth-order valence-electron chi connectivity index (χ4n) is 1.23. The van der Waals surface area contributed by atoms with Crippen LogP contribution in [0.15, 0.2) is 36.7 Å². The lowest BCUT2D eigenvalue weighted by Gasteiger charge is -2.07. The number of aromatic nitrogens is 1. The van der Waals surface area contributed by atoms with E-state index in [1.165, 1.54) is 0 Å². The molecule has 0 aliphatic carbocycles. The molecule has 14 heavy (non-hydrogen) atoms. The van der Waals surface area contributed by atoms with Gasteiger partial charge in [-0.15, -0.1) is 0 Å². The molecule has 0 amide bonds. The lowest BCUT2D eigenvalue weighted by atomic mass is 10.2. The van der Waals surface area contributed by atoms with Gasteiger partial charge in [0.05, 0.1) is 0 Å². The zero-order valence-corrected chi connectivity index (χ0v) is 9.28. The van der Waals surface area contributed by atoms with Gasteiger partial charge in [0.15, 0.2) is 0 Å². The lowest BCUT2D eigenvalue weighted by Crippen LogP contribution is -1.99. The van der Waals surface area contributed by atoms with Gasteiger partial charge in [-0.3, -0.25) is 3.97 Å². The molecule has 0 bridgehead atoms. The summed E-state index contributed by atoms with van der Waals surface area (Å²) in [6.45, 7) is 0. The number of nitrogens with zero attached hydrogens (tertiary/aromatic N) is 1. The molecule has 2 rings (SSSR count). The van der Waals surface area contributed by atoms with Crippen molar-refractivity contribution in [2.24, 2.45) is 0 Å². The van der Waals surface area contributed by atoms with Crippen LogP contribution in [0.2, 0.25) is 0 Å². The molecule has 0 fully saturated rings. The number of halogens is 3. The van der Waals surface area contributed by atoms with E-state index in [1.807, 2.05) is 24.3 Å². The molecule has 0 aliphatic rings. The molecule has 2 aromatic rings. The number of hydrogen-bond donors (Lipinski definition) is 0. The fraction of sp³-hybridized carbons (Fsp3) is 0.111. The first-order valence-electron chi connectivity index (χ1n) is 3.87. The van der Waals surface area contributed by atoms with Crippen LogP contribution in [0.3, 0.4) is 0 Å². The smallest absolute Gasteiger partial charge is 0.293 e. The van der Waals surface area contributed by atoms with Gasteiger partial charge in [-0.05, 0) is 0 Å². The number of benzene rings is 1. The molecule has 74 valence electrons. The maximum absolute atomic E-state index is 12.9. The van der Waals surface area contributed by atoms with Gasteiger partial charge in [-0.25, -0.2) is 0 Å². The van der Waals surface area contributed by atoms with Gasteiger partial charge in [-0.2, -0.15) is 4.39 Å². The Labute approximate surface area is 94.9 Å². The van der Waals surface area contributed by atoms with Crippen molar-refractivity contribution in [2.75, 3.05) is 0 Å². The molecule has 1 nitrogen and oxygen atoms in total. The predicted octanol–water partition coefficient (Wildman–Crippen LogP) is 4.20. The summed E-state index contributed by atoms with van der Waals surface area (Å²) in [5.41, 5.74) is 0. The second-order valence-corrected chi connectivity index (χ2v) is 5.63. The van der Waals surface area contributed by atoms with Crippen molar-refractivity contribution >= 4 is 45.9 Å². The Morgan fingerprint density at radius 1 is 1.14 bits per heavy atom. The third-order valence-corrected chi connectivity index (χ3v) is 2.78. The average Bonchev–Trinajstić information content (AvgIpc) is 2.42. The quantitative estimate of drug-likeness (QED) is 0.723. The second kappa shape index (κ2) is 3.65. The topological polar surface area (TPSA) is 4.93 Å². The van der Waals surface area contributed by atoms with Gasteiger partial charge >= 0.3 is 3.92 Å². The first-order chi connectivity index (χ1) is 6.54. The van der Waals surface area contributed by atoms with Crippen molar-refractivity contribution in [1.29, 1.82) is 0 Å². The zero-order chi connectivity index (χ0) is 10.2. The van der Waals surface area contributed by atoms with E-state index in [0.717, 1.165) is 10.8 Å². The van der Waals surface area contributed by atoms with E-state index in [1.54, 1.807) is 16.4 Å². The summed E-state index contributed by atoms with van der Waals surface area (Å²) < 4.78 is 12.1. The largest absolute Gasteiger partial charge is 0.323 e. The third kappa shape index (κ3) is 2.35. The lowest BCUT2D eigenvalue weighted by molar-refractivity contribution is 0.514. The van der Waals surface area contributed by atoms with Crippen molar-refractivity contribution < 1.29 is 4.39 Å². The molecule has 0 spiro atoms. The van der Waals surface area contributed by atoms with Crippen LogP contribution in [0.25, 0.3) is 10.8 Å². The van der Waals surface area contributed by atoms with Crippen LogP contribution in [-0.2, 0) is 0 Å². The highest BCUT2D eigenvalue weighted by Gasteiger charge is 2.24. The first-order valence-corrected chi connectivity index (χ1v) is 5.40. The Morgan fingerprint density at radius 3 is 2.07 bits per heavy atom. The Bertz CT molecular complexity index is 416. The van der Waals surface area contributed by atoms with Crippen LogP contribution < -0.4 is 0 Å². The third-order valence-electron chi connectivity index (χ3n) is 1.74. The molecule has 1 heterocycles. The molecular weight excluding hydrogens is 244 g/mol. The van der Waals surface area contributed by atoms with Gasteiger partial charge in [0, 0.05) is 35.1 Å². The summed E-state index contributed by atoms with van der Waals surface area (Å²) in [6, 6.07) is 7.71. The van der Waals surface area contributed by atoms with Gasteiger partial charge < -0.3 is 0 Å². The summed E-state index contributed by atoms with van der Waals surface area (Å²) in [7, 11) is 0. The summed E-state index contributed by atoms with van der Waals surface area (Å²) in [5, 5.41) is 2.05. The molecule has 0 atom stereocenters. The van der Waals surface area contributed by atoms with E-state index in [2.05, 4.69) is 0 Å². The average molecular weight is 250 g/mol. The summed E-state index contributed by atoms with van der Waals surface area (Å²) in [4.78, 5) is 0. The van der Waals surface area contributed by atoms with Gasteiger partial charge in [0.25, 0.3) is 0 Å². The van der Waals surface area contributed by atoms with Crippen LogP contribution in [-0.4, -0.2) is 7.89 Å². The number of hydrogen-bond acceptors (Lipinski definition) is 1. The van der Waals surface area contributed by atoms with Crippen molar-refractivity contribution in [3.63, 3.8) is 0 Å². The molecule has 0 saturated heterocycles. The Balaban J connectivity index is 2.36. The van der Waals surface area contributed by atoms with Gasteiger partial charge in [0.1, 0.15) is 0 Å². The van der Waals surface area contributed by atoms with E-state index in [0.29, 0.717) is 11.9 Å². The van der Waals surface area contributed by atoms with Crippen molar-refractivity contribution in [3.05, 3.63) is 36.7 Å². The Hall–Kier alpha value is -0.380. The highest BCUT2D eigenvalue weighted by Crippen LogP contribution is 2.37. The minimum absolute atomic E-state index is 0.707. The molecular formula is C9H6Cl2FNS. The van der Waals surface area contributed by atoms with Crippen molar-refractivity contribution in [1.82, 2.24) is 3.97 Å². The van der Waals surface area contributed by atoms with Gasteiger partial charge in [-0.1, -0.05) is 47.5 Å². The van der Waals surface area contributed by atoms with E-state index in [9.17, 15) is 4.39 Å². The van der Waals surface area contributed by atoms with Crippen LogP contribution in [0.4, 0.5) is 4.39 Å². The van der Waals surface area contributed by atoms with Crippen LogP contribution >= 0.6 is 35.1 Å². The monoisotopic (exact) mass is 249 g/mol. The second-order valence-electron chi connectivity index (χ2n) is 2.78. The Morgan fingerprint density at radius 2 is 1.64 bits per heavy atom.